The minimum atomic E-state index is 0.384. The Kier molecular flexibility index (Phi) is 1.76. The number of rotatable bonds is 1. The molecule has 2 bridgehead atoms. The molecule has 0 N–H and O–H groups in total. The molecule has 1 heteroatoms. The first-order chi connectivity index (χ1) is 4.77. The van der Waals surface area contributed by atoms with Gasteiger partial charge < -0.3 is 0 Å². The summed E-state index contributed by atoms with van der Waals surface area (Å²) in [4.78, 5) is 0. The second-order valence-corrected chi connectivity index (χ2v) is 6.80. The van der Waals surface area contributed by atoms with Gasteiger partial charge in [0.2, 0.25) is 0 Å². The van der Waals surface area contributed by atoms with Crippen LogP contribution in [0.25, 0.3) is 0 Å². The molecule has 58 valence electrons. The quantitative estimate of drug-likeness (QED) is 0.512. The van der Waals surface area contributed by atoms with E-state index in [9.17, 15) is 0 Å². The lowest BCUT2D eigenvalue weighted by atomic mass is 10.0. The highest BCUT2D eigenvalue weighted by atomic mass is 31.1. The van der Waals surface area contributed by atoms with Crippen molar-refractivity contribution in [2.24, 2.45) is 11.8 Å². The van der Waals surface area contributed by atoms with E-state index in [0.717, 1.165) is 17.5 Å². The van der Waals surface area contributed by atoms with Crippen molar-refractivity contribution in [2.75, 3.05) is 13.3 Å². The molecule has 0 heterocycles. The Hall–Kier alpha value is 0.430. The van der Waals surface area contributed by atoms with Crippen molar-refractivity contribution in [3.05, 3.63) is 0 Å². The van der Waals surface area contributed by atoms with Gasteiger partial charge in [-0.15, -0.1) is 7.92 Å². The molecule has 10 heavy (non-hydrogen) atoms. The molecule has 2 saturated carbocycles. The van der Waals surface area contributed by atoms with Crippen LogP contribution in [0.1, 0.15) is 25.7 Å². The summed E-state index contributed by atoms with van der Waals surface area (Å²) in [5, 5.41) is 0. The fraction of sp³-hybridized carbons (Fsp3) is 1.00. The summed E-state index contributed by atoms with van der Waals surface area (Å²) in [6.45, 7) is 4.92. The first kappa shape index (κ1) is 7.10. The van der Waals surface area contributed by atoms with Crippen LogP contribution in [0.2, 0.25) is 0 Å². The summed E-state index contributed by atoms with van der Waals surface area (Å²) in [6, 6.07) is 0. The SMILES string of the molecule is CP(C)[C@@H]1C[C@@H]2CC[C@H]1C2. The predicted molar refractivity (Wildman–Crippen MR) is 48.0 cm³/mol. The third-order valence-corrected chi connectivity index (χ3v) is 5.32. The van der Waals surface area contributed by atoms with Gasteiger partial charge in [0, 0.05) is 0 Å². The molecule has 0 nitrogen and oxygen atoms in total. The highest BCUT2D eigenvalue weighted by Gasteiger charge is 2.40. The maximum atomic E-state index is 2.46. The molecular formula is C9H17P. The molecule has 2 aliphatic carbocycles. The average molecular weight is 156 g/mol. The molecule has 0 saturated heterocycles. The van der Waals surface area contributed by atoms with Gasteiger partial charge in [0.05, 0.1) is 0 Å². The number of hydrogen-bond donors (Lipinski definition) is 0. The van der Waals surface area contributed by atoms with Crippen molar-refractivity contribution in [3.63, 3.8) is 0 Å². The lowest BCUT2D eigenvalue weighted by molar-refractivity contribution is 0.488. The zero-order valence-corrected chi connectivity index (χ0v) is 7.90. The van der Waals surface area contributed by atoms with Crippen molar-refractivity contribution in [1.82, 2.24) is 0 Å². The first-order valence-electron chi connectivity index (χ1n) is 4.44. The van der Waals surface area contributed by atoms with Crippen LogP contribution >= 0.6 is 7.92 Å². The lowest BCUT2D eigenvalue weighted by Gasteiger charge is -2.25. The minimum absolute atomic E-state index is 0.384. The molecule has 0 amide bonds. The first-order valence-corrected chi connectivity index (χ1v) is 6.74. The van der Waals surface area contributed by atoms with Gasteiger partial charge in [-0.3, -0.25) is 0 Å². The molecule has 0 aromatic heterocycles. The maximum Gasteiger partial charge on any atom is -0.0183 e. The fourth-order valence-electron chi connectivity index (χ4n) is 2.84. The van der Waals surface area contributed by atoms with Crippen molar-refractivity contribution in [3.8, 4) is 0 Å². The second-order valence-electron chi connectivity index (χ2n) is 4.21. The molecule has 2 aliphatic rings. The van der Waals surface area contributed by atoms with E-state index >= 15 is 0 Å². The van der Waals surface area contributed by atoms with Crippen molar-refractivity contribution < 1.29 is 0 Å². The van der Waals surface area contributed by atoms with Gasteiger partial charge in [-0.05, 0) is 50.1 Å². The van der Waals surface area contributed by atoms with Crippen LogP contribution in [0, 0.1) is 11.8 Å². The van der Waals surface area contributed by atoms with Crippen LogP contribution in [0.4, 0.5) is 0 Å². The molecule has 3 atom stereocenters. The third kappa shape index (κ3) is 1.01. The van der Waals surface area contributed by atoms with Crippen molar-refractivity contribution in [1.29, 1.82) is 0 Å². The summed E-state index contributed by atoms with van der Waals surface area (Å²) in [5.41, 5.74) is 1.16. The van der Waals surface area contributed by atoms with E-state index in [0.29, 0.717) is 7.92 Å². The highest BCUT2D eigenvalue weighted by molar-refractivity contribution is 7.56. The Morgan fingerprint density at radius 1 is 1.10 bits per heavy atom. The van der Waals surface area contributed by atoms with E-state index < -0.39 is 0 Å². The Labute approximate surface area is 65.1 Å². The molecule has 0 spiro atoms. The van der Waals surface area contributed by atoms with Crippen molar-refractivity contribution in [2.45, 2.75) is 31.3 Å². The molecule has 0 aromatic rings. The second kappa shape index (κ2) is 2.48. The maximum absolute atomic E-state index is 2.46. The van der Waals surface area contributed by atoms with E-state index in [1.165, 1.54) is 0 Å². The summed E-state index contributed by atoms with van der Waals surface area (Å²) >= 11 is 0. The Morgan fingerprint density at radius 2 is 1.90 bits per heavy atom. The van der Waals surface area contributed by atoms with Crippen LogP contribution < -0.4 is 0 Å². The standard InChI is InChI=1S/C9H17P/c1-10(2)9-6-7-3-4-8(9)5-7/h7-9H,3-6H2,1-2H3/t7-,8+,9-/m1/s1. The van der Waals surface area contributed by atoms with E-state index in [1.807, 2.05) is 0 Å². The largest absolute Gasteiger partial charge is 0.110 e. The molecular weight excluding hydrogens is 139 g/mol. The zero-order chi connectivity index (χ0) is 7.14. The normalized spacial score (nSPS) is 45.3. The van der Waals surface area contributed by atoms with Gasteiger partial charge in [0.25, 0.3) is 0 Å². The van der Waals surface area contributed by atoms with Gasteiger partial charge in [-0.1, -0.05) is 6.42 Å². The summed E-state index contributed by atoms with van der Waals surface area (Å²) in [6.07, 6.45) is 6.30. The van der Waals surface area contributed by atoms with Gasteiger partial charge >= 0.3 is 0 Å². The average Bonchev–Trinajstić information content (AvgIpc) is 2.44. The van der Waals surface area contributed by atoms with Crippen molar-refractivity contribution >= 4 is 7.92 Å². The fourth-order valence-corrected chi connectivity index (χ4v) is 4.68. The Bertz CT molecular complexity index is 131. The summed E-state index contributed by atoms with van der Waals surface area (Å²) in [7, 11) is 0.384. The van der Waals surface area contributed by atoms with Crippen LogP contribution in [-0.4, -0.2) is 19.0 Å². The third-order valence-electron chi connectivity index (χ3n) is 3.36. The van der Waals surface area contributed by atoms with E-state index in [-0.39, 0.29) is 0 Å². The smallest absolute Gasteiger partial charge is 0.0183 e. The molecule has 2 rings (SSSR count). The van der Waals surface area contributed by atoms with Gasteiger partial charge in [-0.25, -0.2) is 0 Å². The van der Waals surface area contributed by atoms with E-state index in [4.69, 9.17) is 0 Å². The van der Waals surface area contributed by atoms with Crippen LogP contribution in [-0.2, 0) is 0 Å². The van der Waals surface area contributed by atoms with Gasteiger partial charge in [-0.2, -0.15) is 0 Å². The van der Waals surface area contributed by atoms with E-state index in [2.05, 4.69) is 13.3 Å². The lowest BCUT2D eigenvalue weighted by Crippen LogP contribution is -2.13. The number of hydrogen-bond acceptors (Lipinski definition) is 0. The zero-order valence-electron chi connectivity index (χ0n) is 7.01. The van der Waals surface area contributed by atoms with Crippen LogP contribution in [0.3, 0.4) is 0 Å². The Balaban J connectivity index is 2.02. The monoisotopic (exact) mass is 156 g/mol. The predicted octanol–water partition coefficient (Wildman–Crippen LogP) is 2.92. The highest BCUT2D eigenvalue weighted by Crippen LogP contribution is 2.55. The topological polar surface area (TPSA) is 0 Å². The van der Waals surface area contributed by atoms with Crippen LogP contribution in [0.15, 0.2) is 0 Å². The van der Waals surface area contributed by atoms with Gasteiger partial charge in [0.15, 0.2) is 0 Å². The molecule has 0 radical (unpaired) electrons. The summed E-state index contributed by atoms with van der Waals surface area (Å²) in [5.74, 6) is 2.31. The molecule has 2 fully saturated rings. The Morgan fingerprint density at radius 3 is 2.20 bits per heavy atom. The molecule has 0 unspecified atom stereocenters. The van der Waals surface area contributed by atoms with Gasteiger partial charge in [0.1, 0.15) is 0 Å². The number of fused-ring (bicyclic) bond motifs is 2. The molecule has 0 aliphatic heterocycles. The minimum Gasteiger partial charge on any atom is -0.110 e. The van der Waals surface area contributed by atoms with E-state index in [1.54, 1.807) is 25.7 Å². The van der Waals surface area contributed by atoms with Crippen LogP contribution in [0.5, 0.6) is 0 Å². The molecule has 0 aromatic carbocycles. The summed E-state index contributed by atoms with van der Waals surface area (Å²) < 4.78 is 0.